The van der Waals surface area contributed by atoms with Crippen molar-refractivity contribution in [3.8, 4) is 0 Å². The van der Waals surface area contributed by atoms with Gasteiger partial charge in [0, 0.05) is 17.6 Å². The van der Waals surface area contributed by atoms with Gasteiger partial charge in [0.05, 0.1) is 17.2 Å². The van der Waals surface area contributed by atoms with Crippen LogP contribution in [0.1, 0.15) is 57.1 Å². The van der Waals surface area contributed by atoms with Crippen molar-refractivity contribution < 1.29 is 13.9 Å². The molecule has 0 unspecified atom stereocenters. The highest BCUT2D eigenvalue weighted by molar-refractivity contribution is 5.76. The van der Waals surface area contributed by atoms with Gasteiger partial charge in [-0.15, -0.1) is 0 Å². The van der Waals surface area contributed by atoms with Gasteiger partial charge in [0.15, 0.2) is 0 Å². The van der Waals surface area contributed by atoms with Gasteiger partial charge in [-0.25, -0.2) is 13.8 Å². The Hall–Kier alpha value is -2.13. The summed E-state index contributed by atoms with van der Waals surface area (Å²) < 4.78 is 28.2. The Balaban J connectivity index is 1.83. The molecule has 0 aromatic carbocycles. The first-order chi connectivity index (χ1) is 13.4. The molecule has 0 spiro atoms. The molecule has 1 aliphatic heterocycles. The number of pyridine rings is 1. The lowest BCUT2D eigenvalue weighted by atomic mass is 9.99. The van der Waals surface area contributed by atoms with E-state index < -0.39 is 29.2 Å². The van der Waals surface area contributed by atoms with E-state index in [1.807, 2.05) is 0 Å². The molecule has 0 amide bonds. The van der Waals surface area contributed by atoms with E-state index in [9.17, 15) is 18.7 Å². The predicted molar refractivity (Wildman–Crippen MR) is 102 cm³/mol. The monoisotopic (exact) mass is 393 g/mol. The standard InChI is InChI=1S/C19H25F2N5O2/c1-19(28)6-2-3-14(19)26-16-11(9-13(15(20)21)17(26)27)10-23-18(25-16)24-12-4-7-22-8-5-12/h9-10,12,14-15,22,28H,2-8H2,1H3,(H,23,24,25)/t14-,19-/m1/s1. The maximum absolute atomic E-state index is 13.5. The molecule has 9 heteroatoms. The third-order valence-corrected chi connectivity index (χ3v) is 5.90. The molecule has 2 aromatic heterocycles. The first-order valence-electron chi connectivity index (χ1n) is 9.77. The lowest BCUT2D eigenvalue weighted by Gasteiger charge is -2.29. The van der Waals surface area contributed by atoms with Crippen molar-refractivity contribution in [3.05, 3.63) is 28.2 Å². The molecule has 0 bridgehead atoms. The number of fused-ring (bicyclic) bond motifs is 1. The van der Waals surface area contributed by atoms with E-state index in [1.165, 1.54) is 10.8 Å². The van der Waals surface area contributed by atoms with E-state index in [-0.39, 0.29) is 11.7 Å². The van der Waals surface area contributed by atoms with Gasteiger partial charge in [0.25, 0.3) is 12.0 Å². The normalized spacial score (nSPS) is 26.2. The van der Waals surface area contributed by atoms with Gasteiger partial charge in [-0.1, -0.05) is 0 Å². The number of halogens is 2. The molecule has 0 radical (unpaired) electrons. The fraction of sp³-hybridized carbons (Fsp3) is 0.632. The van der Waals surface area contributed by atoms with Crippen LogP contribution < -0.4 is 16.2 Å². The zero-order valence-electron chi connectivity index (χ0n) is 15.8. The van der Waals surface area contributed by atoms with Gasteiger partial charge in [-0.2, -0.15) is 4.98 Å². The highest BCUT2D eigenvalue weighted by Gasteiger charge is 2.40. The Morgan fingerprint density at radius 1 is 1.36 bits per heavy atom. The zero-order chi connectivity index (χ0) is 19.9. The van der Waals surface area contributed by atoms with E-state index in [1.54, 1.807) is 6.92 Å². The average molecular weight is 393 g/mol. The Labute approximate surface area is 161 Å². The summed E-state index contributed by atoms with van der Waals surface area (Å²) in [7, 11) is 0. The van der Waals surface area contributed by atoms with E-state index in [2.05, 4.69) is 20.6 Å². The number of rotatable bonds is 4. The van der Waals surface area contributed by atoms with Crippen LogP contribution in [0.5, 0.6) is 0 Å². The molecular formula is C19H25F2N5O2. The maximum Gasteiger partial charge on any atom is 0.269 e. The number of hydrogen-bond acceptors (Lipinski definition) is 6. The maximum atomic E-state index is 13.5. The minimum Gasteiger partial charge on any atom is -0.388 e. The molecule has 2 fully saturated rings. The summed E-state index contributed by atoms with van der Waals surface area (Å²) in [4.78, 5) is 21.7. The number of nitrogens with one attached hydrogen (secondary N) is 2. The van der Waals surface area contributed by atoms with E-state index in [4.69, 9.17) is 0 Å². The van der Waals surface area contributed by atoms with E-state index in [0.29, 0.717) is 24.2 Å². The molecule has 2 aromatic rings. The lowest BCUT2D eigenvalue weighted by molar-refractivity contribution is 0.0261. The smallest absolute Gasteiger partial charge is 0.269 e. The predicted octanol–water partition coefficient (Wildman–Crippen LogP) is 2.37. The third kappa shape index (κ3) is 3.48. The fourth-order valence-electron chi connectivity index (χ4n) is 4.34. The number of nitrogens with zero attached hydrogens (tertiary/aromatic N) is 3. The van der Waals surface area contributed by atoms with Gasteiger partial charge in [-0.3, -0.25) is 9.36 Å². The van der Waals surface area contributed by atoms with Crippen LogP contribution in [0.2, 0.25) is 0 Å². The van der Waals surface area contributed by atoms with Crippen LogP contribution >= 0.6 is 0 Å². The highest BCUT2D eigenvalue weighted by atomic mass is 19.3. The largest absolute Gasteiger partial charge is 0.388 e. The fourth-order valence-corrected chi connectivity index (χ4v) is 4.34. The van der Waals surface area contributed by atoms with E-state index in [0.717, 1.165) is 38.4 Å². The molecule has 1 saturated carbocycles. The summed E-state index contributed by atoms with van der Waals surface area (Å²) in [5.41, 5.74) is -2.24. The molecular weight excluding hydrogens is 368 g/mol. The van der Waals surface area contributed by atoms with Crippen LogP contribution in [0.4, 0.5) is 14.7 Å². The average Bonchev–Trinajstić information content (AvgIpc) is 3.00. The molecule has 3 N–H and O–H groups in total. The Morgan fingerprint density at radius 3 is 2.75 bits per heavy atom. The number of piperidine rings is 1. The summed E-state index contributed by atoms with van der Waals surface area (Å²) in [6.45, 7) is 3.45. The molecule has 1 aliphatic carbocycles. The molecule has 2 aliphatic rings. The third-order valence-electron chi connectivity index (χ3n) is 5.90. The first kappa shape index (κ1) is 19.2. The van der Waals surface area contributed by atoms with Crippen LogP contribution in [-0.2, 0) is 0 Å². The van der Waals surface area contributed by atoms with Crippen LogP contribution in [0.3, 0.4) is 0 Å². The van der Waals surface area contributed by atoms with Crippen molar-refractivity contribution in [2.75, 3.05) is 18.4 Å². The number of alkyl halides is 2. The molecule has 4 rings (SSSR count). The minimum absolute atomic E-state index is 0.216. The van der Waals surface area contributed by atoms with Gasteiger partial charge >= 0.3 is 0 Å². The Morgan fingerprint density at radius 2 is 2.11 bits per heavy atom. The number of hydrogen-bond donors (Lipinski definition) is 3. The van der Waals surface area contributed by atoms with Crippen molar-refractivity contribution >= 4 is 17.0 Å². The molecule has 3 heterocycles. The van der Waals surface area contributed by atoms with Gasteiger partial charge in [0.2, 0.25) is 5.95 Å². The van der Waals surface area contributed by atoms with Gasteiger partial charge in [0.1, 0.15) is 5.65 Å². The van der Waals surface area contributed by atoms with Gasteiger partial charge < -0.3 is 15.7 Å². The van der Waals surface area contributed by atoms with Crippen molar-refractivity contribution in [1.82, 2.24) is 19.9 Å². The number of aliphatic hydroxyl groups is 1. The summed E-state index contributed by atoms with van der Waals surface area (Å²) in [6, 6.07) is 0.785. The zero-order valence-corrected chi connectivity index (χ0v) is 15.8. The highest BCUT2D eigenvalue weighted by Crippen LogP contribution is 2.39. The summed E-state index contributed by atoms with van der Waals surface area (Å²) in [5, 5.41) is 17.7. The van der Waals surface area contributed by atoms with Crippen molar-refractivity contribution in [3.63, 3.8) is 0 Å². The second-order valence-corrected chi connectivity index (χ2v) is 7.98. The van der Waals surface area contributed by atoms with Gasteiger partial charge in [-0.05, 0) is 58.2 Å². The summed E-state index contributed by atoms with van der Waals surface area (Å²) in [6.07, 6.45) is 2.19. The van der Waals surface area contributed by atoms with E-state index >= 15 is 0 Å². The number of anilines is 1. The SMILES string of the molecule is C[C@@]1(O)CCC[C@H]1n1c(=O)c(C(F)F)cc2cnc(NC3CCNCC3)nc21. The lowest BCUT2D eigenvalue weighted by Crippen LogP contribution is -2.39. The van der Waals surface area contributed by atoms with Crippen LogP contribution in [0, 0.1) is 0 Å². The van der Waals surface area contributed by atoms with Crippen molar-refractivity contribution in [1.29, 1.82) is 0 Å². The Bertz CT molecular complexity index is 924. The quantitative estimate of drug-likeness (QED) is 0.739. The van der Waals surface area contributed by atoms with Crippen LogP contribution in [0.25, 0.3) is 11.0 Å². The second-order valence-electron chi connectivity index (χ2n) is 7.98. The molecule has 2 atom stereocenters. The molecule has 1 saturated heterocycles. The first-order valence-corrected chi connectivity index (χ1v) is 9.77. The van der Waals surface area contributed by atoms with Crippen molar-refractivity contribution in [2.45, 2.75) is 63.1 Å². The summed E-state index contributed by atoms with van der Waals surface area (Å²) >= 11 is 0. The summed E-state index contributed by atoms with van der Waals surface area (Å²) in [5.74, 6) is 0.370. The second kappa shape index (κ2) is 7.36. The topological polar surface area (TPSA) is 92.1 Å². The van der Waals surface area contributed by atoms with Crippen LogP contribution in [-0.4, -0.2) is 44.4 Å². The minimum atomic E-state index is -2.90. The number of aromatic nitrogens is 3. The van der Waals surface area contributed by atoms with Crippen LogP contribution in [0.15, 0.2) is 17.1 Å². The van der Waals surface area contributed by atoms with Crippen molar-refractivity contribution in [2.24, 2.45) is 0 Å². The Kier molecular flexibility index (Phi) is 5.05. The molecule has 7 nitrogen and oxygen atoms in total. The molecule has 152 valence electrons. The molecule has 28 heavy (non-hydrogen) atoms.